The van der Waals surface area contributed by atoms with Crippen molar-refractivity contribution >= 4 is 29.0 Å². The van der Waals surface area contributed by atoms with Crippen LogP contribution in [0.2, 0.25) is 0 Å². The number of pyridine rings is 1. The number of anilines is 1. The third kappa shape index (κ3) is 3.94. The second kappa shape index (κ2) is 8.35. The van der Waals surface area contributed by atoms with Crippen LogP contribution >= 0.6 is 11.3 Å². The number of carbonyl (C=O) groups is 2. The summed E-state index contributed by atoms with van der Waals surface area (Å²) < 4.78 is 6.47. The van der Waals surface area contributed by atoms with Crippen LogP contribution in [0.1, 0.15) is 27.0 Å². The standard InChI is InChI=1S/C18H19N7O3S/c1-2-28-18(27)13-3-4-15(19-11-13)23-6-8-24(9-7-23)17(26)16-14(5-10-29-16)25-12-20-21-22-25/h3-5,10-12H,2,6-9H2,1H3. The van der Waals surface area contributed by atoms with Gasteiger partial charge in [0.2, 0.25) is 0 Å². The van der Waals surface area contributed by atoms with Gasteiger partial charge in [0.05, 0.1) is 17.9 Å². The van der Waals surface area contributed by atoms with Gasteiger partial charge in [-0.1, -0.05) is 0 Å². The Morgan fingerprint density at radius 3 is 2.66 bits per heavy atom. The van der Waals surface area contributed by atoms with Gasteiger partial charge in [0.1, 0.15) is 17.0 Å². The maximum Gasteiger partial charge on any atom is 0.339 e. The van der Waals surface area contributed by atoms with E-state index in [1.807, 2.05) is 16.3 Å². The van der Waals surface area contributed by atoms with Gasteiger partial charge in [-0.2, -0.15) is 4.68 Å². The van der Waals surface area contributed by atoms with E-state index in [0.29, 0.717) is 48.9 Å². The Bertz CT molecular complexity index is 979. The molecule has 4 heterocycles. The van der Waals surface area contributed by atoms with E-state index in [4.69, 9.17) is 4.74 Å². The summed E-state index contributed by atoms with van der Waals surface area (Å²) in [6, 6.07) is 5.35. The fraction of sp³-hybridized carbons (Fsp3) is 0.333. The molecule has 4 rings (SSSR count). The van der Waals surface area contributed by atoms with Crippen molar-refractivity contribution in [2.24, 2.45) is 0 Å². The summed E-state index contributed by atoms with van der Waals surface area (Å²) >= 11 is 1.38. The molecule has 1 fully saturated rings. The molecular weight excluding hydrogens is 394 g/mol. The molecule has 0 N–H and O–H groups in total. The number of thiophene rings is 1. The second-order valence-electron chi connectivity index (χ2n) is 6.29. The summed E-state index contributed by atoms with van der Waals surface area (Å²) in [4.78, 5) is 33.6. The zero-order chi connectivity index (χ0) is 20.2. The number of hydrogen-bond donors (Lipinski definition) is 0. The van der Waals surface area contributed by atoms with Crippen LogP contribution in [0.25, 0.3) is 5.69 Å². The Morgan fingerprint density at radius 2 is 2.00 bits per heavy atom. The molecule has 0 saturated carbocycles. The quantitative estimate of drug-likeness (QED) is 0.576. The lowest BCUT2D eigenvalue weighted by molar-refractivity contribution is 0.0525. The predicted octanol–water partition coefficient (Wildman–Crippen LogP) is 1.26. The molecule has 29 heavy (non-hydrogen) atoms. The van der Waals surface area contributed by atoms with Gasteiger partial charge in [-0.3, -0.25) is 4.79 Å². The highest BCUT2D eigenvalue weighted by Crippen LogP contribution is 2.23. The average Bonchev–Trinajstić information content (AvgIpc) is 3.45. The van der Waals surface area contributed by atoms with E-state index in [0.717, 1.165) is 5.82 Å². The van der Waals surface area contributed by atoms with Crippen molar-refractivity contribution in [2.75, 3.05) is 37.7 Å². The molecule has 150 valence electrons. The van der Waals surface area contributed by atoms with Crippen molar-refractivity contribution < 1.29 is 14.3 Å². The highest BCUT2D eigenvalue weighted by atomic mass is 32.1. The Balaban J connectivity index is 1.39. The van der Waals surface area contributed by atoms with Gasteiger partial charge in [-0.25, -0.2) is 9.78 Å². The normalized spacial score (nSPS) is 14.1. The number of piperazine rings is 1. The summed E-state index contributed by atoms with van der Waals surface area (Å²) in [5, 5.41) is 13.0. The first-order valence-corrected chi connectivity index (χ1v) is 10.0. The molecule has 0 bridgehead atoms. The van der Waals surface area contributed by atoms with Crippen LogP contribution in [-0.4, -0.2) is 74.8 Å². The maximum absolute atomic E-state index is 13.0. The number of amides is 1. The molecule has 1 saturated heterocycles. The lowest BCUT2D eigenvalue weighted by Gasteiger charge is -2.35. The van der Waals surface area contributed by atoms with Crippen molar-refractivity contribution in [1.82, 2.24) is 30.1 Å². The fourth-order valence-electron chi connectivity index (χ4n) is 3.11. The largest absolute Gasteiger partial charge is 0.462 e. The van der Waals surface area contributed by atoms with Crippen LogP contribution < -0.4 is 4.90 Å². The number of ether oxygens (including phenoxy) is 1. The van der Waals surface area contributed by atoms with Crippen LogP contribution in [0, 0.1) is 0 Å². The summed E-state index contributed by atoms with van der Waals surface area (Å²) in [7, 11) is 0. The minimum atomic E-state index is -0.378. The van der Waals surface area contributed by atoms with Crippen molar-refractivity contribution in [2.45, 2.75) is 6.92 Å². The zero-order valence-electron chi connectivity index (χ0n) is 15.8. The molecule has 0 aromatic carbocycles. The molecule has 0 spiro atoms. The second-order valence-corrected chi connectivity index (χ2v) is 7.21. The number of nitrogens with zero attached hydrogens (tertiary/aromatic N) is 7. The summed E-state index contributed by atoms with van der Waals surface area (Å²) in [5.74, 6) is 0.364. The third-order valence-corrected chi connectivity index (χ3v) is 5.48. The molecule has 0 atom stereocenters. The Kier molecular flexibility index (Phi) is 5.47. The molecule has 0 unspecified atom stereocenters. The highest BCUT2D eigenvalue weighted by molar-refractivity contribution is 7.12. The summed E-state index contributed by atoms with van der Waals surface area (Å²) in [6.07, 6.45) is 3.00. The number of rotatable bonds is 5. The first-order valence-electron chi connectivity index (χ1n) is 9.15. The third-order valence-electron chi connectivity index (χ3n) is 4.58. The van der Waals surface area contributed by atoms with Crippen molar-refractivity contribution in [3.05, 3.63) is 46.5 Å². The summed E-state index contributed by atoms with van der Waals surface area (Å²) in [6.45, 7) is 4.56. The minimum Gasteiger partial charge on any atom is -0.462 e. The van der Waals surface area contributed by atoms with E-state index in [1.54, 1.807) is 19.1 Å². The molecule has 1 aliphatic heterocycles. The molecule has 10 nitrogen and oxygen atoms in total. The van der Waals surface area contributed by atoms with Gasteiger partial charge in [0.15, 0.2) is 0 Å². The van der Waals surface area contributed by atoms with Crippen LogP contribution in [0.4, 0.5) is 5.82 Å². The highest BCUT2D eigenvalue weighted by Gasteiger charge is 2.26. The van der Waals surface area contributed by atoms with Gasteiger partial charge < -0.3 is 14.5 Å². The molecule has 3 aromatic heterocycles. The van der Waals surface area contributed by atoms with Gasteiger partial charge in [0.25, 0.3) is 5.91 Å². The maximum atomic E-state index is 13.0. The van der Waals surface area contributed by atoms with E-state index in [1.165, 1.54) is 28.5 Å². The van der Waals surface area contributed by atoms with Crippen LogP contribution in [-0.2, 0) is 4.74 Å². The summed E-state index contributed by atoms with van der Waals surface area (Å²) in [5.41, 5.74) is 1.11. The van der Waals surface area contributed by atoms with Gasteiger partial charge >= 0.3 is 5.97 Å². The van der Waals surface area contributed by atoms with Gasteiger partial charge in [0, 0.05) is 32.4 Å². The van der Waals surface area contributed by atoms with Crippen molar-refractivity contribution in [3.63, 3.8) is 0 Å². The van der Waals surface area contributed by atoms with Crippen LogP contribution in [0.3, 0.4) is 0 Å². The topological polar surface area (TPSA) is 106 Å². The van der Waals surface area contributed by atoms with Crippen LogP contribution in [0.15, 0.2) is 36.1 Å². The first-order chi connectivity index (χ1) is 14.2. The number of hydrogen-bond acceptors (Lipinski definition) is 9. The molecule has 1 amide bonds. The van der Waals surface area contributed by atoms with E-state index in [-0.39, 0.29) is 11.9 Å². The Labute approximate surface area is 170 Å². The molecule has 3 aromatic rings. The van der Waals surface area contributed by atoms with Gasteiger partial charge in [-0.15, -0.1) is 16.4 Å². The number of tetrazole rings is 1. The lowest BCUT2D eigenvalue weighted by atomic mass is 10.2. The van der Waals surface area contributed by atoms with Crippen LogP contribution in [0.5, 0.6) is 0 Å². The van der Waals surface area contributed by atoms with E-state index < -0.39 is 0 Å². The predicted molar refractivity (Wildman–Crippen MR) is 105 cm³/mol. The average molecular weight is 413 g/mol. The molecule has 11 heteroatoms. The van der Waals surface area contributed by atoms with E-state index in [9.17, 15) is 9.59 Å². The molecule has 1 aliphatic rings. The van der Waals surface area contributed by atoms with Gasteiger partial charge in [-0.05, 0) is 40.9 Å². The lowest BCUT2D eigenvalue weighted by Crippen LogP contribution is -2.49. The minimum absolute atomic E-state index is 0.0317. The zero-order valence-corrected chi connectivity index (χ0v) is 16.6. The monoisotopic (exact) mass is 413 g/mol. The Morgan fingerprint density at radius 1 is 1.17 bits per heavy atom. The Hall–Kier alpha value is -3.34. The van der Waals surface area contributed by atoms with Crippen molar-refractivity contribution in [3.8, 4) is 5.69 Å². The number of carbonyl (C=O) groups excluding carboxylic acids is 2. The smallest absolute Gasteiger partial charge is 0.339 e. The van der Waals surface area contributed by atoms with E-state index in [2.05, 4.69) is 25.4 Å². The number of esters is 1. The molecule has 0 aliphatic carbocycles. The molecule has 0 radical (unpaired) electrons. The first kappa shape index (κ1) is 19.0. The van der Waals surface area contributed by atoms with Crippen molar-refractivity contribution in [1.29, 1.82) is 0 Å². The molecular formula is C18H19N7O3S. The van der Waals surface area contributed by atoms with E-state index >= 15 is 0 Å². The fourth-order valence-corrected chi connectivity index (χ4v) is 3.95. The number of aromatic nitrogens is 5. The SMILES string of the molecule is CCOC(=O)c1ccc(N2CCN(C(=O)c3sccc3-n3cnnn3)CC2)nc1.